The topological polar surface area (TPSA) is 69.7 Å². The van der Waals surface area contributed by atoms with E-state index >= 15 is 0 Å². The van der Waals surface area contributed by atoms with Crippen LogP contribution in [-0.4, -0.2) is 59.2 Å². The molecule has 0 atom stereocenters. The van der Waals surface area contributed by atoms with Crippen LogP contribution in [0.5, 0.6) is 0 Å². The third kappa shape index (κ3) is 5.65. The number of anilines is 1. The van der Waals surface area contributed by atoms with Gasteiger partial charge in [-0.05, 0) is 45.1 Å². The molecule has 0 unspecified atom stereocenters. The molecule has 0 saturated heterocycles. The van der Waals surface area contributed by atoms with Crippen molar-refractivity contribution in [3.63, 3.8) is 0 Å². The molecule has 0 spiro atoms. The van der Waals surface area contributed by atoms with Gasteiger partial charge < -0.3 is 10.2 Å². The molecule has 0 saturated carbocycles. The van der Waals surface area contributed by atoms with Crippen LogP contribution in [0.3, 0.4) is 0 Å². The third-order valence-corrected chi connectivity index (χ3v) is 4.33. The fourth-order valence-corrected chi connectivity index (χ4v) is 2.88. The van der Waals surface area contributed by atoms with Crippen LogP contribution in [0, 0.1) is 13.8 Å². The number of rotatable bonds is 7. The fourth-order valence-electron chi connectivity index (χ4n) is 1.97. The Kier molecular flexibility index (Phi) is 6.37. The molecule has 1 N–H and O–H groups in total. The van der Waals surface area contributed by atoms with Crippen LogP contribution in [-0.2, 0) is 14.8 Å². The molecule has 0 aromatic heterocycles. The lowest BCUT2D eigenvalue weighted by molar-refractivity contribution is -0.119. The van der Waals surface area contributed by atoms with Crippen molar-refractivity contribution >= 4 is 21.6 Å². The van der Waals surface area contributed by atoms with Crippen molar-refractivity contribution in [2.24, 2.45) is 0 Å². The van der Waals surface area contributed by atoms with Gasteiger partial charge in [-0.2, -0.15) is 0 Å². The molecule has 1 amide bonds. The van der Waals surface area contributed by atoms with Crippen LogP contribution in [0.4, 0.5) is 5.69 Å². The van der Waals surface area contributed by atoms with E-state index in [1.807, 2.05) is 45.0 Å². The maximum Gasteiger partial charge on any atom is 0.240 e. The summed E-state index contributed by atoms with van der Waals surface area (Å²) in [4.78, 5) is 14.0. The van der Waals surface area contributed by atoms with E-state index in [-0.39, 0.29) is 12.5 Å². The Morgan fingerprint density at radius 1 is 1.23 bits per heavy atom. The Hall–Kier alpha value is -1.60. The van der Waals surface area contributed by atoms with E-state index < -0.39 is 10.0 Å². The van der Waals surface area contributed by atoms with Crippen molar-refractivity contribution in [3.8, 4) is 0 Å². The minimum absolute atomic E-state index is 0.212. The highest BCUT2D eigenvalue weighted by molar-refractivity contribution is 7.92. The zero-order valence-corrected chi connectivity index (χ0v) is 14.7. The molecule has 0 fully saturated rings. The summed E-state index contributed by atoms with van der Waals surface area (Å²) in [5.41, 5.74) is 2.31. The van der Waals surface area contributed by atoms with Gasteiger partial charge in [0.1, 0.15) is 6.54 Å². The van der Waals surface area contributed by atoms with Gasteiger partial charge in [-0.3, -0.25) is 9.10 Å². The first kappa shape index (κ1) is 18.4. The van der Waals surface area contributed by atoms with Crippen LogP contribution >= 0.6 is 0 Å². The molecule has 6 nitrogen and oxygen atoms in total. The summed E-state index contributed by atoms with van der Waals surface area (Å²) in [5, 5.41) is 2.73. The van der Waals surface area contributed by atoms with Gasteiger partial charge in [0.05, 0.1) is 11.9 Å². The molecule has 0 heterocycles. The number of carbonyl (C=O) groups is 1. The van der Waals surface area contributed by atoms with E-state index in [1.54, 1.807) is 6.07 Å². The molecule has 0 aliphatic rings. The predicted molar refractivity (Wildman–Crippen MR) is 89.7 cm³/mol. The van der Waals surface area contributed by atoms with E-state index in [2.05, 4.69) is 5.32 Å². The summed E-state index contributed by atoms with van der Waals surface area (Å²) in [6.45, 7) is 4.69. The van der Waals surface area contributed by atoms with Gasteiger partial charge in [0.2, 0.25) is 15.9 Å². The molecule has 0 aliphatic carbocycles. The van der Waals surface area contributed by atoms with Crippen molar-refractivity contribution in [3.05, 3.63) is 29.3 Å². The van der Waals surface area contributed by atoms with Crippen molar-refractivity contribution in [2.75, 3.05) is 44.3 Å². The van der Waals surface area contributed by atoms with E-state index in [9.17, 15) is 13.2 Å². The molecule has 1 aromatic carbocycles. The van der Waals surface area contributed by atoms with Crippen molar-refractivity contribution in [1.82, 2.24) is 10.2 Å². The SMILES string of the molecule is Cc1ccc(C)c(N(CC(=O)NCCN(C)C)S(C)(=O)=O)c1. The van der Waals surface area contributed by atoms with Crippen LogP contribution < -0.4 is 9.62 Å². The van der Waals surface area contributed by atoms with E-state index in [1.165, 1.54) is 0 Å². The van der Waals surface area contributed by atoms with Crippen molar-refractivity contribution in [1.29, 1.82) is 0 Å². The molecular weight excluding hydrogens is 302 g/mol. The number of aryl methyl sites for hydroxylation is 2. The molecule has 0 bridgehead atoms. The van der Waals surface area contributed by atoms with Crippen LogP contribution in [0.2, 0.25) is 0 Å². The van der Waals surface area contributed by atoms with Gasteiger partial charge in [0, 0.05) is 13.1 Å². The van der Waals surface area contributed by atoms with Gasteiger partial charge in [-0.15, -0.1) is 0 Å². The highest BCUT2D eigenvalue weighted by atomic mass is 32.2. The van der Waals surface area contributed by atoms with Gasteiger partial charge in [-0.25, -0.2) is 8.42 Å². The Morgan fingerprint density at radius 2 is 1.86 bits per heavy atom. The highest BCUT2D eigenvalue weighted by Gasteiger charge is 2.22. The Labute approximate surface area is 133 Å². The first-order valence-electron chi connectivity index (χ1n) is 7.07. The molecular formula is C15H25N3O3S. The first-order valence-corrected chi connectivity index (χ1v) is 8.92. The second-order valence-electron chi connectivity index (χ2n) is 5.71. The van der Waals surface area contributed by atoms with Crippen LogP contribution in [0.15, 0.2) is 18.2 Å². The second-order valence-corrected chi connectivity index (χ2v) is 7.62. The molecule has 0 aliphatic heterocycles. The molecule has 22 heavy (non-hydrogen) atoms. The number of benzene rings is 1. The largest absolute Gasteiger partial charge is 0.353 e. The number of hydrogen-bond acceptors (Lipinski definition) is 4. The van der Waals surface area contributed by atoms with Gasteiger partial charge >= 0.3 is 0 Å². The maximum atomic E-state index is 12.1. The van der Waals surface area contributed by atoms with Gasteiger partial charge in [0.25, 0.3) is 0 Å². The number of carbonyl (C=O) groups excluding carboxylic acids is 1. The number of likely N-dealkylation sites (N-methyl/N-ethyl adjacent to an activating group) is 1. The molecule has 0 radical (unpaired) electrons. The lowest BCUT2D eigenvalue weighted by Crippen LogP contribution is -2.42. The average Bonchev–Trinajstić information content (AvgIpc) is 2.37. The lowest BCUT2D eigenvalue weighted by Gasteiger charge is -2.24. The highest BCUT2D eigenvalue weighted by Crippen LogP contribution is 2.23. The number of nitrogens with one attached hydrogen (secondary N) is 1. The average molecular weight is 327 g/mol. The second kappa shape index (κ2) is 7.60. The van der Waals surface area contributed by atoms with Crippen molar-refractivity contribution in [2.45, 2.75) is 13.8 Å². The summed E-state index contributed by atoms with van der Waals surface area (Å²) < 4.78 is 25.3. The summed E-state index contributed by atoms with van der Waals surface area (Å²) in [5.74, 6) is -0.312. The van der Waals surface area contributed by atoms with Gasteiger partial charge in [-0.1, -0.05) is 12.1 Å². The van der Waals surface area contributed by atoms with Gasteiger partial charge in [0.15, 0.2) is 0 Å². The predicted octanol–water partition coefficient (Wildman–Crippen LogP) is 0.747. The number of amides is 1. The first-order chi connectivity index (χ1) is 10.1. The monoisotopic (exact) mass is 327 g/mol. The maximum absolute atomic E-state index is 12.1. The smallest absolute Gasteiger partial charge is 0.240 e. The molecule has 1 rings (SSSR count). The lowest BCUT2D eigenvalue weighted by atomic mass is 10.1. The quantitative estimate of drug-likeness (QED) is 0.802. The van der Waals surface area contributed by atoms with Crippen molar-refractivity contribution < 1.29 is 13.2 Å². The fraction of sp³-hybridized carbons (Fsp3) is 0.533. The Morgan fingerprint density at radius 3 is 2.41 bits per heavy atom. The van der Waals surface area contributed by atoms with E-state index in [4.69, 9.17) is 0 Å². The number of nitrogens with zero attached hydrogens (tertiary/aromatic N) is 2. The minimum Gasteiger partial charge on any atom is -0.353 e. The van der Waals surface area contributed by atoms with E-state index in [0.29, 0.717) is 18.8 Å². The van der Waals surface area contributed by atoms with Crippen LogP contribution in [0.25, 0.3) is 0 Å². The molecule has 1 aromatic rings. The Balaban J connectivity index is 2.92. The van der Waals surface area contributed by atoms with Crippen LogP contribution in [0.1, 0.15) is 11.1 Å². The third-order valence-electron chi connectivity index (χ3n) is 3.20. The standard InChI is InChI=1S/C15H25N3O3S/c1-12-6-7-13(2)14(10-12)18(22(5,20)21)11-15(19)16-8-9-17(3)4/h6-7,10H,8-9,11H2,1-5H3,(H,16,19). The zero-order chi connectivity index (χ0) is 16.9. The summed E-state index contributed by atoms with van der Waals surface area (Å²) in [6.07, 6.45) is 1.11. The number of sulfonamides is 1. The van der Waals surface area contributed by atoms with E-state index in [0.717, 1.165) is 21.7 Å². The molecule has 7 heteroatoms. The zero-order valence-electron chi connectivity index (χ0n) is 13.9. The normalized spacial score (nSPS) is 11.5. The molecule has 124 valence electrons. The summed E-state index contributed by atoms with van der Waals surface area (Å²) >= 11 is 0. The minimum atomic E-state index is -3.53. The number of hydrogen-bond donors (Lipinski definition) is 1. The Bertz CT molecular complexity index is 627. The summed E-state index contributed by atoms with van der Waals surface area (Å²) in [7, 11) is 0.284. The summed E-state index contributed by atoms with van der Waals surface area (Å²) in [6, 6.07) is 5.55.